The number of benzene rings is 1. The minimum absolute atomic E-state index is 0.0460. The average molecular weight is 234 g/mol. The van der Waals surface area contributed by atoms with Gasteiger partial charge in [-0.25, -0.2) is 17.2 Å². The van der Waals surface area contributed by atoms with Crippen LogP contribution in [0.2, 0.25) is 0 Å². The number of halogens is 2. The molecule has 1 aromatic rings. The highest BCUT2D eigenvalue weighted by Gasteiger charge is 2.20. The summed E-state index contributed by atoms with van der Waals surface area (Å²) in [5, 5.41) is -0.606. The Bertz CT molecular complexity index is 438. The largest absolute Gasteiger partial charge is 0.263 e. The van der Waals surface area contributed by atoms with Crippen LogP contribution in [0, 0.1) is 0 Å². The molecular weight excluding hydrogens is 222 g/mol. The Morgan fingerprint density at radius 1 is 1.20 bits per heavy atom. The lowest BCUT2D eigenvalue weighted by Gasteiger charge is -2.08. The molecule has 0 N–H and O–H groups in total. The van der Waals surface area contributed by atoms with Gasteiger partial charge >= 0.3 is 0 Å². The fourth-order valence-electron chi connectivity index (χ4n) is 1.10. The van der Waals surface area contributed by atoms with E-state index in [9.17, 15) is 17.2 Å². The average Bonchev–Trinajstić information content (AvgIpc) is 2.17. The number of hydrogen-bond donors (Lipinski definition) is 0. The number of rotatable bonds is 3. The van der Waals surface area contributed by atoms with Crippen molar-refractivity contribution in [3.63, 3.8) is 0 Å². The van der Waals surface area contributed by atoms with Crippen molar-refractivity contribution < 1.29 is 17.2 Å². The molecule has 0 aromatic heterocycles. The Morgan fingerprint density at radius 2 is 1.80 bits per heavy atom. The Labute approximate surface area is 87.8 Å². The van der Waals surface area contributed by atoms with E-state index in [-0.39, 0.29) is 10.5 Å². The topological polar surface area (TPSA) is 34.1 Å². The van der Waals surface area contributed by atoms with Crippen molar-refractivity contribution in [1.82, 2.24) is 0 Å². The van der Waals surface area contributed by atoms with Crippen LogP contribution in [0.15, 0.2) is 29.2 Å². The maximum absolute atomic E-state index is 12.3. The number of sulfone groups is 1. The molecule has 1 rings (SSSR count). The molecule has 0 amide bonds. The highest BCUT2D eigenvalue weighted by molar-refractivity contribution is 7.92. The first-order valence-electron chi connectivity index (χ1n) is 4.47. The molecule has 0 saturated heterocycles. The summed E-state index contributed by atoms with van der Waals surface area (Å²) in [7, 11) is -3.47. The SMILES string of the molecule is CC(C)S(=O)(=O)c1cccc(C(F)F)c1. The van der Waals surface area contributed by atoms with Gasteiger partial charge in [-0.1, -0.05) is 12.1 Å². The predicted molar refractivity (Wildman–Crippen MR) is 53.7 cm³/mol. The second-order valence-corrected chi connectivity index (χ2v) is 5.97. The van der Waals surface area contributed by atoms with Gasteiger partial charge in [0.2, 0.25) is 0 Å². The van der Waals surface area contributed by atoms with E-state index in [1.807, 2.05) is 0 Å². The van der Waals surface area contributed by atoms with Crippen LogP contribution < -0.4 is 0 Å². The van der Waals surface area contributed by atoms with Gasteiger partial charge in [-0.3, -0.25) is 0 Å². The first-order chi connectivity index (χ1) is 6.85. The van der Waals surface area contributed by atoms with Crippen molar-refractivity contribution in [3.05, 3.63) is 29.8 Å². The van der Waals surface area contributed by atoms with Crippen LogP contribution in [0.5, 0.6) is 0 Å². The van der Waals surface area contributed by atoms with Crippen LogP contribution in [0.4, 0.5) is 8.78 Å². The van der Waals surface area contributed by atoms with Gasteiger partial charge in [0.05, 0.1) is 10.1 Å². The molecule has 0 fully saturated rings. The van der Waals surface area contributed by atoms with Crippen molar-refractivity contribution in [2.75, 3.05) is 0 Å². The maximum atomic E-state index is 12.3. The second kappa shape index (κ2) is 4.26. The Morgan fingerprint density at radius 3 is 2.27 bits per heavy atom. The molecule has 0 saturated carbocycles. The number of alkyl halides is 2. The molecule has 0 unspecified atom stereocenters. The molecule has 0 radical (unpaired) electrons. The fourth-order valence-corrected chi connectivity index (χ4v) is 2.21. The molecule has 0 aliphatic rings. The lowest BCUT2D eigenvalue weighted by molar-refractivity contribution is 0.151. The molecule has 0 aliphatic heterocycles. The lowest BCUT2D eigenvalue weighted by Crippen LogP contribution is -2.14. The summed E-state index contributed by atoms with van der Waals surface area (Å²) >= 11 is 0. The van der Waals surface area contributed by atoms with Gasteiger partial charge in [0.25, 0.3) is 6.43 Å². The molecule has 84 valence electrons. The Balaban J connectivity index is 3.23. The standard InChI is InChI=1S/C10H12F2O2S/c1-7(2)15(13,14)9-5-3-4-8(6-9)10(11)12/h3-7,10H,1-2H3. The van der Waals surface area contributed by atoms with E-state index in [2.05, 4.69) is 0 Å². The van der Waals surface area contributed by atoms with Crippen molar-refractivity contribution in [2.24, 2.45) is 0 Å². The third-order valence-electron chi connectivity index (χ3n) is 2.06. The monoisotopic (exact) mass is 234 g/mol. The van der Waals surface area contributed by atoms with Crippen LogP contribution in [0.1, 0.15) is 25.8 Å². The van der Waals surface area contributed by atoms with Crippen molar-refractivity contribution in [2.45, 2.75) is 30.4 Å². The molecule has 2 nitrogen and oxygen atoms in total. The molecule has 1 aromatic carbocycles. The van der Waals surface area contributed by atoms with Crippen LogP contribution in [0.25, 0.3) is 0 Å². The van der Waals surface area contributed by atoms with Crippen molar-refractivity contribution in [3.8, 4) is 0 Å². The van der Waals surface area contributed by atoms with Gasteiger partial charge in [0.15, 0.2) is 9.84 Å². The summed E-state index contributed by atoms with van der Waals surface area (Å²) in [6.07, 6.45) is -2.65. The molecule has 0 spiro atoms. The normalized spacial score (nSPS) is 12.4. The van der Waals surface area contributed by atoms with Gasteiger partial charge in [-0.05, 0) is 26.0 Å². The molecule has 0 bridgehead atoms. The van der Waals surface area contributed by atoms with E-state index in [1.54, 1.807) is 0 Å². The Hall–Kier alpha value is -0.970. The molecule has 0 atom stereocenters. The Kier molecular flexibility index (Phi) is 3.44. The predicted octanol–water partition coefficient (Wildman–Crippen LogP) is 2.81. The van der Waals surface area contributed by atoms with Gasteiger partial charge in [-0.15, -0.1) is 0 Å². The summed E-state index contributed by atoms with van der Waals surface area (Å²) in [6, 6.07) is 4.90. The lowest BCUT2D eigenvalue weighted by atomic mass is 10.2. The van der Waals surface area contributed by atoms with Gasteiger partial charge in [-0.2, -0.15) is 0 Å². The van der Waals surface area contributed by atoms with Crippen molar-refractivity contribution in [1.29, 1.82) is 0 Å². The first-order valence-corrected chi connectivity index (χ1v) is 6.02. The van der Waals surface area contributed by atoms with E-state index in [1.165, 1.54) is 32.0 Å². The third-order valence-corrected chi connectivity index (χ3v) is 4.21. The third kappa shape index (κ3) is 2.53. The maximum Gasteiger partial charge on any atom is 0.263 e. The van der Waals surface area contributed by atoms with E-state index < -0.39 is 21.5 Å². The highest BCUT2D eigenvalue weighted by Crippen LogP contribution is 2.23. The first kappa shape index (κ1) is 12.1. The zero-order chi connectivity index (χ0) is 11.6. The van der Waals surface area contributed by atoms with E-state index in [4.69, 9.17) is 0 Å². The smallest absolute Gasteiger partial charge is 0.223 e. The second-order valence-electron chi connectivity index (χ2n) is 3.47. The zero-order valence-electron chi connectivity index (χ0n) is 8.44. The van der Waals surface area contributed by atoms with Crippen LogP contribution in [-0.4, -0.2) is 13.7 Å². The molecule has 0 heterocycles. The molecule has 0 aliphatic carbocycles. The molecular formula is C10H12F2O2S. The van der Waals surface area contributed by atoms with Gasteiger partial charge in [0.1, 0.15) is 0 Å². The summed E-state index contributed by atoms with van der Waals surface area (Å²) in [6.45, 7) is 3.04. The minimum Gasteiger partial charge on any atom is -0.223 e. The number of hydrogen-bond acceptors (Lipinski definition) is 2. The highest BCUT2D eigenvalue weighted by atomic mass is 32.2. The van der Waals surface area contributed by atoms with E-state index in [0.29, 0.717) is 0 Å². The summed E-state index contributed by atoms with van der Waals surface area (Å²) < 4.78 is 48.0. The van der Waals surface area contributed by atoms with E-state index >= 15 is 0 Å². The van der Waals surface area contributed by atoms with Crippen LogP contribution in [0.3, 0.4) is 0 Å². The minimum atomic E-state index is -3.47. The van der Waals surface area contributed by atoms with Gasteiger partial charge in [0, 0.05) is 5.56 Å². The quantitative estimate of drug-likeness (QED) is 0.805. The van der Waals surface area contributed by atoms with Crippen LogP contribution >= 0.6 is 0 Å². The summed E-state index contributed by atoms with van der Waals surface area (Å²) in [5.41, 5.74) is -0.267. The molecule has 5 heteroatoms. The van der Waals surface area contributed by atoms with Crippen molar-refractivity contribution >= 4 is 9.84 Å². The molecule has 15 heavy (non-hydrogen) atoms. The van der Waals surface area contributed by atoms with E-state index in [0.717, 1.165) is 6.07 Å². The fraction of sp³-hybridized carbons (Fsp3) is 0.400. The van der Waals surface area contributed by atoms with Crippen LogP contribution in [-0.2, 0) is 9.84 Å². The summed E-state index contributed by atoms with van der Waals surface area (Å²) in [5.74, 6) is 0. The zero-order valence-corrected chi connectivity index (χ0v) is 9.26. The van der Waals surface area contributed by atoms with Gasteiger partial charge < -0.3 is 0 Å². The summed E-state index contributed by atoms with van der Waals surface area (Å²) in [4.78, 5) is -0.0460.